The van der Waals surface area contributed by atoms with Crippen molar-refractivity contribution in [1.82, 2.24) is 0 Å². The van der Waals surface area contributed by atoms with Gasteiger partial charge in [-0.15, -0.1) is 0 Å². The molecule has 0 aliphatic carbocycles. The van der Waals surface area contributed by atoms with Crippen LogP contribution in [0.4, 0.5) is 11.4 Å². The Labute approximate surface area is 96.5 Å². The highest BCUT2D eigenvalue weighted by Gasteiger charge is 2.02. The van der Waals surface area contributed by atoms with Gasteiger partial charge in [-0.3, -0.25) is 10.4 Å². The van der Waals surface area contributed by atoms with Crippen molar-refractivity contribution in [3.05, 3.63) is 60.2 Å². The Balaban J connectivity index is 2.15. The van der Waals surface area contributed by atoms with Crippen molar-refractivity contribution >= 4 is 11.4 Å². The lowest BCUT2D eigenvalue weighted by atomic mass is 10.2. The number of hydrazine groups is 1. The van der Waals surface area contributed by atoms with Gasteiger partial charge in [-0.05, 0) is 30.7 Å². The largest absolute Gasteiger partial charge is 0.299 e. The van der Waals surface area contributed by atoms with E-state index in [9.17, 15) is 0 Å². The highest BCUT2D eigenvalue weighted by Crippen LogP contribution is 2.18. The topological polar surface area (TPSA) is 15.3 Å². The third-order valence-electron chi connectivity index (χ3n) is 2.55. The Kier molecular flexibility index (Phi) is 3.10. The Morgan fingerprint density at radius 2 is 1.50 bits per heavy atom. The molecule has 0 bridgehead atoms. The van der Waals surface area contributed by atoms with Gasteiger partial charge in [0.25, 0.3) is 0 Å². The molecular weight excluding hydrogens is 196 g/mol. The molecule has 82 valence electrons. The first-order valence-corrected chi connectivity index (χ1v) is 5.38. The maximum Gasteiger partial charge on any atom is 0.0597 e. The Morgan fingerprint density at radius 1 is 0.875 bits per heavy atom. The fraction of sp³-hybridized carbons (Fsp3) is 0.143. The Bertz CT molecular complexity index is 451. The van der Waals surface area contributed by atoms with Crippen molar-refractivity contribution in [3.8, 4) is 0 Å². The number of para-hydroxylation sites is 2. The molecule has 0 aliphatic rings. The number of nitrogens with zero attached hydrogens (tertiary/aromatic N) is 1. The number of anilines is 2. The second-order valence-electron chi connectivity index (χ2n) is 3.82. The zero-order valence-electron chi connectivity index (χ0n) is 9.64. The molecule has 0 amide bonds. The van der Waals surface area contributed by atoms with Crippen LogP contribution in [0.1, 0.15) is 5.56 Å². The van der Waals surface area contributed by atoms with Gasteiger partial charge in [-0.2, -0.15) is 0 Å². The van der Waals surface area contributed by atoms with E-state index in [1.54, 1.807) is 0 Å². The molecule has 0 atom stereocenters. The van der Waals surface area contributed by atoms with Crippen LogP contribution in [0.2, 0.25) is 0 Å². The average Bonchev–Trinajstić information content (AvgIpc) is 2.31. The van der Waals surface area contributed by atoms with Gasteiger partial charge in [0.15, 0.2) is 0 Å². The van der Waals surface area contributed by atoms with Gasteiger partial charge >= 0.3 is 0 Å². The molecule has 0 aromatic heterocycles. The minimum absolute atomic E-state index is 1.09. The zero-order chi connectivity index (χ0) is 11.4. The summed E-state index contributed by atoms with van der Waals surface area (Å²) < 4.78 is 0. The molecule has 2 heteroatoms. The van der Waals surface area contributed by atoms with Gasteiger partial charge in [-0.25, -0.2) is 0 Å². The first-order chi connectivity index (χ1) is 7.77. The van der Waals surface area contributed by atoms with Gasteiger partial charge in [0, 0.05) is 7.05 Å². The van der Waals surface area contributed by atoms with Crippen molar-refractivity contribution in [2.45, 2.75) is 6.92 Å². The van der Waals surface area contributed by atoms with E-state index >= 15 is 0 Å². The lowest BCUT2D eigenvalue weighted by Gasteiger charge is -2.23. The summed E-state index contributed by atoms with van der Waals surface area (Å²) in [6.45, 7) is 2.11. The number of rotatable bonds is 3. The standard InChI is InChI=1S/C14H16N2/c1-12-8-6-7-11-14(12)16(2)15-13-9-4-3-5-10-13/h3-11,15H,1-2H3. The molecule has 0 aliphatic heterocycles. The monoisotopic (exact) mass is 212 g/mol. The second-order valence-corrected chi connectivity index (χ2v) is 3.82. The van der Waals surface area contributed by atoms with Crippen LogP contribution in [-0.4, -0.2) is 7.05 Å². The van der Waals surface area contributed by atoms with E-state index in [-0.39, 0.29) is 0 Å². The van der Waals surface area contributed by atoms with Crippen molar-refractivity contribution in [2.75, 3.05) is 17.5 Å². The van der Waals surface area contributed by atoms with Crippen LogP contribution < -0.4 is 10.4 Å². The fourth-order valence-corrected chi connectivity index (χ4v) is 1.71. The molecule has 0 spiro atoms. The number of hydrogen-bond acceptors (Lipinski definition) is 2. The van der Waals surface area contributed by atoms with Crippen molar-refractivity contribution in [3.63, 3.8) is 0 Å². The minimum atomic E-state index is 1.09. The Morgan fingerprint density at radius 3 is 2.19 bits per heavy atom. The molecule has 1 N–H and O–H groups in total. The number of nitrogens with one attached hydrogen (secondary N) is 1. The van der Waals surface area contributed by atoms with Gasteiger partial charge in [0.1, 0.15) is 0 Å². The summed E-state index contributed by atoms with van der Waals surface area (Å²) >= 11 is 0. The van der Waals surface area contributed by atoms with Gasteiger partial charge in [-0.1, -0.05) is 36.4 Å². The second kappa shape index (κ2) is 4.71. The van der Waals surface area contributed by atoms with Crippen molar-refractivity contribution in [1.29, 1.82) is 0 Å². The molecule has 0 fully saturated rings. The minimum Gasteiger partial charge on any atom is -0.299 e. The van der Waals surface area contributed by atoms with Crippen LogP contribution in [0.25, 0.3) is 0 Å². The lowest BCUT2D eigenvalue weighted by molar-refractivity contribution is 1.08. The smallest absolute Gasteiger partial charge is 0.0597 e. The van der Waals surface area contributed by atoms with E-state index in [1.165, 1.54) is 11.3 Å². The van der Waals surface area contributed by atoms with E-state index in [2.05, 4.69) is 42.7 Å². The summed E-state index contributed by atoms with van der Waals surface area (Å²) in [5.41, 5.74) is 6.87. The van der Waals surface area contributed by atoms with Crippen LogP contribution in [0, 0.1) is 6.92 Å². The van der Waals surface area contributed by atoms with Crippen molar-refractivity contribution < 1.29 is 0 Å². The molecule has 2 aromatic rings. The summed E-state index contributed by atoms with van der Waals surface area (Å²) in [5, 5.41) is 2.03. The van der Waals surface area contributed by atoms with Crippen LogP contribution in [-0.2, 0) is 0 Å². The van der Waals surface area contributed by atoms with E-state index in [1.807, 2.05) is 36.3 Å². The molecule has 0 radical (unpaired) electrons. The fourth-order valence-electron chi connectivity index (χ4n) is 1.71. The van der Waals surface area contributed by atoms with Gasteiger partial charge in [0.05, 0.1) is 11.4 Å². The normalized spacial score (nSPS) is 9.88. The third-order valence-corrected chi connectivity index (χ3v) is 2.55. The van der Waals surface area contributed by atoms with Crippen LogP contribution in [0.3, 0.4) is 0 Å². The van der Waals surface area contributed by atoms with E-state index in [0.717, 1.165) is 5.69 Å². The molecule has 2 rings (SSSR count). The number of hydrogen-bond donors (Lipinski definition) is 1. The van der Waals surface area contributed by atoms with Gasteiger partial charge < -0.3 is 0 Å². The van der Waals surface area contributed by atoms with Gasteiger partial charge in [0.2, 0.25) is 0 Å². The molecule has 0 saturated carbocycles. The summed E-state index contributed by atoms with van der Waals surface area (Å²) in [5.74, 6) is 0. The molecular formula is C14H16N2. The third kappa shape index (κ3) is 2.34. The van der Waals surface area contributed by atoms with E-state index < -0.39 is 0 Å². The zero-order valence-corrected chi connectivity index (χ0v) is 9.64. The summed E-state index contributed by atoms with van der Waals surface area (Å²) in [6, 6.07) is 18.5. The SMILES string of the molecule is Cc1ccccc1N(C)Nc1ccccc1. The summed E-state index contributed by atoms with van der Waals surface area (Å²) in [7, 11) is 2.02. The van der Waals surface area contributed by atoms with E-state index in [0.29, 0.717) is 0 Å². The maximum absolute atomic E-state index is 3.33. The lowest BCUT2D eigenvalue weighted by Crippen LogP contribution is -2.25. The predicted molar refractivity (Wildman–Crippen MR) is 69.6 cm³/mol. The molecule has 0 heterocycles. The predicted octanol–water partition coefficient (Wildman–Crippen LogP) is 3.46. The summed E-state index contributed by atoms with van der Waals surface area (Å²) in [4.78, 5) is 0. The van der Waals surface area contributed by atoms with Crippen LogP contribution >= 0.6 is 0 Å². The number of benzene rings is 2. The molecule has 2 aromatic carbocycles. The maximum atomic E-state index is 3.33. The quantitative estimate of drug-likeness (QED) is 0.784. The highest BCUT2D eigenvalue weighted by molar-refractivity contribution is 5.57. The number of aryl methyl sites for hydroxylation is 1. The molecule has 16 heavy (non-hydrogen) atoms. The highest BCUT2D eigenvalue weighted by atomic mass is 15.5. The van der Waals surface area contributed by atoms with Crippen molar-refractivity contribution in [2.24, 2.45) is 0 Å². The molecule has 2 nitrogen and oxygen atoms in total. The van der Waals surface area contributed by atoms with Crippen LogP contribution in [0.5, 0.6) is 0 Å². The average molecular weight is 212 g/mol. The summed E-state index contributed by atoms with van der Waals surface area (Å²) in [6.07, 6.45) is 0. The van der Waals surface area contributed by atoms with E-state index in [4.69, 9.17) is 0 Å². The van der Waals surface area contributed by atoms with Crippen LogP contribution in [0.15, 0.2) is 54.6 Å². The first-order valence-electron chi connectivity index (χ1n) is 5.38. The molecule has 0 saturated heterocycles. The first kappa shape index (κ1) is 10.6. The molecule has 0 unspecified atom stereocenters. The Hall–Kier alpha value is -1.96.